The summed E-state index contributed by atoms with van der Waals surface area (Å²) in [6.45, 7) is 8.95. The molecule has 0 atom stereocenters. The lowest BCUT2D eigenvalue weighted by atomic mass is 9.79. The average molecular weight is 516 g/mol. The second-order valence-electron chi connectivity index (χ2n) is 8.06. The van der Waals surface area contributed by atoms with E-state index in [-0.39, 0.29) is 49.9 Å². The number of benzene rings is 2. The number of carbonyl (C=O) groups excluding carboxylic acids is 2. The zero-order valence-corrected chi connectivity index (χ0v) is 21.8. The fourth-order valence-electron chi connectivity index (χ4n) is 3.44. The quantitative estimate of drug-likeness (QED) is 0.124. The van der Waals surface area contributed by atoms with Gasteiger partial charge in [0.15, 0.2) is 5.41 Å². The second kappa shape index (κ2) is 13.6. The lowest BCUT2D eigenvalue weighted by Gasteiger charge is -2.28. The van der Waals surface area contributed by atoms with Crippen LogP contribution in [0, 0.1) is 12.3 Å². The number of esters is 2. The summed E-state index contributed by atoms with van der Waals surface area (Å²) in [6, 6.07) is 15.4. The van der Waals surface area contributed by atoms with E-state index in [1.165, 1.54) is 18.2 Å². The van der Waals surface area contributed by atoms with Crippen LogP contribution in [-0.2, 0) is 40.4 Å². The Hall–Kier alpha value is -3.46. The van der Waals surface area contributed by atoms with Crippen molar-refractivity contribution in [3.8, 4) is 0 Å². The second-order valence-corrected chi connectivity index (χ2v) is 9.67. The van der Waals surface area contributed by atoms with E-state index in [4.69, 9.17) is 14.2 Å². The van der Waals surface area contributed by atoms with Crippen molar-refractivity contribution >= 4 is 27.9 Å². The van der Waals surface area contributed by atoms with E-state index in [0.717, 1.165) is 11.1 Å². The molecule has 0 fully saturated rings. The first-order chi connectivity index (χ1) is 17.2. The summed E-state index contributed by atoms with van der Waals surface area (Å²) in [5.41, 5.74) is -0.0132. The van der Waals surface area contributed by atoms with E-state index in [0.29, 0.717) is 0 Å². The van der Waals surface area contributed by atoms with Crippen LogP contribution in [0.2, 0.25) is 0 Å². The van der Waals surface area contributed by atoms with Crippen molar-refractivity contribution in [2.75, 3.05) is 13.2 Å². The van der Waals surface area contributed by atoms with Gasteiger partial charge in [-0.25, -0.2) is 0 Å². The summed E-state index contributed by atoms with van der Waals surface area (Å²) >= 11 is 0. The third-order valence-corrected chi connectivity index (χ3v) is 6.69. The van der Waals surface area contributed by atoms with E-state index in [2.05, 4.69) is 11.0 Å². The fourth-order valence-corrected chi connectivity index (χ4v) is 4.44. The summed E-state index contributed by atoms with van der Waals surface area (Å²) in [6.07, 6.45) is 1.09. The first kappa shape index (κ1) is 28.8. The molecule has 0 aromatic heterocycles. The number of ether oxygens (including phenoxy) is 3. The minimum absolute atomic E-state index is 0.00190. The van der Waals surface area contributed by atoms with E-state index in [1.807, 2.05) is 37.3 Å². The molecule has 8 nitrogen and oxygen atoms in total. The molecule has 0 N–H and O–H groups in total. The number of aryl methyl sites for hydroxylation is 1. The maximum absolute atomic E-state index is 13.0. The predicted molar refractivity (Wildman–Crippen MR) is 137 cm³/mol. The number of carbonyl (C=O) groups is 2. The molecule has 0 heterocycles. The maximum Gasteiger partial charge on any atom is 0.323 e. The zero-order chi connectivity index (χ0) is 26.6. The van der Waals surface area contributed by atoms with E-state index < -0.39 is 27.4 Å². The normalized spacial score (nSPS) is 12.0. The Morgan fingerprint density at radius 3 is 2.06 bits per heavy atom. The van der Waals surface area contributed by atoms with Crippen LogP contribution in [-0.4, -0.2) is 39.5 Å². The van der Waals surface area contributed by atoms with Crippen molar-refractivity contribution in [1.29, 1.82) is 0 Å². The van der Waals surface area contributed by atoms with Crippen molar-refractivity contribution in [2.45, 2.75) is 51.5 Å². The Bertz CT molecular complexity index is 1140. The first-order valence-electron chi connectivity index (χ1n) is 11.7. The van der Waals surface area contributed by atoms with Crippen molar-refractivity contribution in [3.63, 3.8) is 0 Å². The van der Waals surface area contributed by atoms with Gasteiger partial charge in [0, 0.05) is 6.42 Å². The molecule has 36 heavy (non-hydrogen) atoms. The van der Waals surface area contributed by atoms with Gasteiger partial charge in [-0.1, -0.05) is 54.1 Å². The van der Waals surface area contributed by atoms with E-state index >= 15 is 0 Å². The number of allylic oxidation sites excluding steroid dienone is 1. The Kier molecular flexibility index (Phi) is 10.9. The molecule has 0 aliphatic heterocycles. The van der Waals surface area contributed by atoms with Crippen LogP contribution in [0.1, 0.15) is 44.2 Å². The van der Waals surface area contributed by atoms with Crippen molar-refractivity contribution in [3.05, 3.63) is 78.4 Å². The SMILES string of the molecule is C=CCC(CC/C(=N\S(=O)(=O)c1ccc(C)cc1)OCc1ccccc1)(C(=O)OCC)C(=O)OCC. The lowest BCUT2D eigenvalue weighted by Crippen LogP contribution is -2.42. The Morgan fingerprint density at radius 1 is 0.944 bits per heavy atom. The van der Waals surface area contributed by atoms with Crippen LogP contribution in [0.5, 0.6) is 0 Å². The number of nitrogens with zero attached hydrogens (tertiary/aromatic N) is 1. The highest BCUT2D eigenvalue weighted by atomic mass is 32.2. The average Bonchev–Trinajstić information content (AvgIpc) is 2.85. The predicted octanol–water partition coefficient (Wildman–Crippen LogP) is 4.77. The number of hydrogen-bond acceptors (Lipinski definition) is 7. The molecule has 0 bridgehead atoms. The molecule has 194 valence electrons. The number of rotatable bonds is 13. The van der Waals surface area contributed by atoms with Crippen LogP contribution in [0.3, 0.4) is 0 Å². The molecular weight excluding hydrogens is 482 g/mol. The molecule has 0 spiro atoms. The monoisotopic (exact) mass is 515 g/mol. The summed E-state index contributed by atoms with van der Waals surface area (Å²) in [5, 5.41) is 0. The van der Waals surface area contributed by atoms with Crippen LogP contribution in [0.4, 0.5) is 0 Å². The Labute approximate surface area is 213 Å². The summed E-state index contributed by atoms with van der Waals surface area (Å²) < 4.78 is 46.1. The van der Waals surface area contributed by atoms with Gasteiger partial charge in [0.1, 0.15) is 6.61 Å². The summed E-state index contributed by atoms with van der Waals surface area (Å²) in [7, 11) is -4.11. The van der Waals surface area contributed by atoms with Gasteiger partial charge in [-0.15, -0.1) is 11.0 Å². The van der Waals surface area contributed by atoms with Crippen molar-refractivity contribution in [1.82, 2.24) is 0 Å². The van der Waals surface area contributed by atoms with Gasteiger partial charge in [0.05, 0.1) is 18.1 Å². The van der Waals surface area contributed by atoms with Crippen molar-refractivity contribution in [2.24, 2.45) is 9.81 Å². The molecule has 2 aromatic carbocycles. The Balaban J connectivity index is 2.44. The smallest absolute Gasteiger partial charge is 0.323 e. The van der Waals surface area contributed by atoms with Gasteiger partial charge in [0.25, 0.3) is 10.0 Å². The fraction of sp³-hybridized carbons (Fsp3) is 0.370. The third kappa shape index (κ3) is 7.78. The molecule has 2 rings (SSSR count). The Morgan fingerprint density at radius 2 is 1.53 bits per heavy atom. The standard InChI is InChI=1S/C27H33NO7S/c1-5-18-27(25(29)33-6-2,26(30)34-7-3)19-17-24(35-20-22-11-9-8-10-12-22)28-36(31,32)23-15-13-21(4)14-16-23/h5,8-16H,1,6-7,17-20H2,2-4H3/b28-24+. The molecule has 0 aliphatic carbocycles. The lowest BCUT2D eigenvalue weighted by molar-refractivity contribution is -0.172. The molecule has 0 saturated carbocycles. The minimum atomic E-state index is -4.11. The zero-order valence-electron chi connectivity index (χ0n) is 20.9. The highest BCUT2D eigenvalue weighted by Gasteiger charge is 2.48. The van der Waals surface area contributed by atoms with Crippen LogP contribution >= 0.6 is 0 Å². The van der Waals surface area contributed by atoms with Gasteiger partial charge in [-0.3, -0.25) is 9.59 Å². The van der Waals surface area contributed by atoms with E-state index in [9.17, 15) is 18.0 Å². The molecule has 0 saturated heterocycles. The number of sulfonamides is 1. The van der Waals surface area contributed by atoms with Crippen LogP contribution in [0.25, 0.3) is 0 Å². The van der Waals surface area contributed by atoms with Crippen LogP contribution < -0.4 is 0 Å². The van der Waals surface area contributed by atoms with Gasteiger partial charge in [0.2, 0.25) is 5.90 Å². The van der Waals surface area contributed by atoms with Gasteiger partial charge < -0.3 is 14.2 Å². The largest absolute Gasteiger partial charge is 0.475 e. The van der Waals surface area contributed by atoms with Gasteiger partial charge >= 0.3 is 11.9 Å². The third-order valence-electron chi connectivity index (χ3n) is 5.38. The molecule has 9 heteroatoms. The highest BCUT2D eigenvalue weighted by molar-refractivity contribution is 7.90. The molecule has 0 aliphatic rings. The minimum Gasteiger partial charge on any atom is -0.475 e. The van der Waals surface area contributed by atoms with E-state index in [1.54, 1.807) is 26.0 Å². The van der Waals surface area contributed by atoms with Crippen molar-refractivity contribution < 1.29 is 32.2 Å². The maximum atomic E-state index is 13.0. The molecule has 0 amide bonds. The summed E-state index contributed by atoms with van der Waals surface area (Å²) in [5.74, 6) is -1.68. The summed E-state index contributed by atoms with van der Waals surface area (Å²) in [4.78, 5) is 25.9. The first-order valence-corrected chi connectivity index (χ1v) is 13.1. The highest BCUT2D eigenvalue weighted by Crippen LogP contribution is 2.33. The molecule has 0 unspecified atom stereocenters. The van der Waals surface area contributed by atoms with Gasteiger partial charge in [-0.2, -0.15) is 8.42 Å². The van der Waals surface area contributed by atoms with Crippen LogP contribution in [0.15, 0.2) is 76.5 Å². The molecular formula is C27H33NO7S. The number of hydrogen-bond donors (Lipinski definition) is 0. The molecule has 0 radical (unpaired) electrons. The topological polar surface area (TPSA) is 108 Å². The van der Waals surface area contributed by atoms with Gasteiger partial charge in [-0.05, 0) is 51.3 Å². The molecule has 2 aromatic rings.